The second-order valence-electron chi connectivity index (χ2n) is 8.90. The number of pyridine rings is 1. The van der Waals surface area contributed by atoms with Crippen LogP contribution in [-0.4, -0.2) is 40.8 Å². The highest BCUT2D eigenvalue weighted by Crippen LogP contribution is 2.42. The molecule has 0 radical (unpaired) electrons. The van der Waals surface area contributed by atoms with Gasteiger partial charge in [-0.2, -0.15) is 0 Å². The molecule has 2 aliphatic rings. The van der Waals surface area contributed by atoms with E-state index in [1.807, 2.05) is 66.4 Å². The number of nitrogens with one attached hydrogen (secondary N) is 2. The Bertz CT molecular complexity index is 1190. The lowest BCUT2D eigenvalue weighted by Gasteiger charge is -2.35. The number of carbonyl (C=O) groups is 2. The fraction of sp³-hybridized carbons (Fsp3) is 0.296. The van der Waals surface area contributed by atoms with Gasteiger partial charge in [-0.15, -0.1) is 24.8 Å². The smallest absolute Gasteiger partial charge is 0.237 e. The van der Waals surface area contributed by atoms with Gasteiger partial charge in [0, 0.05) is 18.3 Å². The van der Waals surface area contributed by atoms with E-state index in [-0.39, 0.29) is 54.6 Å². The minimum absolute atomic E-state index is 0. The fourth-order valence-electron chi connectivity index (χ4n) is 5.16. The zero-order valence-corrected chi connectivity index (χ0v) is 21.4. The monoisotopic (exact) mass is 512 g/mol. The molecule has 3 atom stereocenters. The molecule has 0 spiro atoms. The second-order valence-corrected chi connectivity index (χ2v) is 8.90. The van der Waals surface area contributed by atoms with Gasteiger partial charge in [0.2, 0.25) is 11.8 Å². The molecular formula is C27H30Cl2N4O2. The Kier molecular flexibility index (Phi) is 8.54. The zero-order valence-electron chi connectivity index (χ0n) is 19.7. The molecule has 8 heteroatoms. The van der Waals surface area contributed by atoms with Crippen LogP contribution in [0.5, 0.6) is 0 Å². The number of nitrogens with zero attached hydrogens (tertiary/aromatic N) is 2. The normalized spacial score (nSPS) is 20.9. The maximum Gasteiger partial charge on any atom is 0.237 e. The van der Waals surface area contributed by atoms with Crippen molar-refractivity contribution >= 4 is 42.4 Å². The summed E-state index contributed by atoms with van der Waals surface area (Å²) in [5.41, 5.74) is 5.12. The molecule has 0 bridgehead atoms. The van der Waals surface area contributed by atoms with Crippen LogP contribution in [0.1, 0.15) is 29.3 Å². The number of halogens is 2. The number of amides is 2. The highest BCUT2D eigenvalue weighted by Gasteiger charge is 2.48. The van der Waals surface area contributed by atoms with Crippen LogP contribution in [0.4, 0.5) is 5.82 Å². The molecule has 35 heavy (non-hydrogen) atoms. The first kappa shape index (κ1) is 26.7. The summed E-state index contributed by atoms with van der Waals surface area (Å²) in [6.07, 6.45) is 0.626. The number of rotatable bonds is 4. The summed E-state index contributed by atoms with van der Waals surface area (Å²) in [6.45, 7) is 5.03. The van der Waals surface area contributed by atoms with Crippen LogP contribution in [0.25, 0.3) is 11.1 Å². The van der Waals surface area contributed by atoms with E-state index in [0.29, 0.717) is 25.3 Å². The lowest BCUT2D eigenvalue weighted by Crippen LogP contribution is -2.52. The molecule has 2 saturated heterocycles. The standard InChI is InChI=1S/C27H28N4O2.2ClH/c1-17-18(2)29-24(14-22(17)19-9-5-3-6-10-19)30-27(33)23-13-21-15-28-16-25(32)31(21)26(23)20-11-7-4-8-12-20;;/h3-12,14,21,23,26,28H,13,15-16H2,1-2H3,(H,29,30,33);2*1H/t21-,23-,26-;;/m1../s1. The van der Waals surface area contributed by atoms with E-state index in [4.69, 9.17) is 0 Å². The molecule has 2 amide bonds. The Morgan fingerprint density at radius 2 is 1.69 bits per heavy atom. The van der Waals surface area contributed by atoms with Gasteiger partial charge in [0.05, 0.1) is 18.5 Å². The molecule has 184 valence electrons. The summed E-state index contributed by atoms with van der Waals surface area (Å²) < 4.78 is 0. The third kappa shape index (κ3) is 5.20. The Hall–Kier alpha value is -2.93. The number of aryl methyl sites for hydroxylation is 1. The molecule has 2 aromatic carbocycles. The number of anilines is 1. The molecule has 2 aliphatic heterocycles. The van der Waals surface area contributed by atoms with E-state index in [2.05, 4.69) is 34.7 Å². The molecule has 0 unspecified atom stereocenters. The zero-order chi connectivity index (χ0) is 22.9. The van der Waals surface area contributed by atoms with Gasteiger partial charge < -0.3 is 15.5 Å². The quantitative estimate of drug-likeness (QED) is 0.530. The van der Waals surface area contributed by atoms with E-state index < -0.39 is 0 Å². The number of hydrogen-bond donors (Lipinski definition) is 2. The largest absolute Gasteiger partial charge is 0.329 e. The van der Waals surface area contributed by atoms with Crippen molar-refractivity contribution in [2.75, 3.05) is 18.4 Å². The molecule has 2 fully saturated rings. The van der Waals surface area contributed by atoms with Crippen LogP contribution in [0, 0.1) is 19.8 Å². The van der Waals surface area contributed by atoms with E-state index in [9.17, 15) is 9.59 Å². The average molecular weight is 513 g/mol. The molecule has 0 saturated carbocycles. The molecule has 0 aliphatic carbocycles. The summed E-state index contributed by atoms with van der Waals surface area (Å²) in [5, 5.41) is 6.27. The van der Waals surface area contributed by atoms with Crippen molar-refractivity contribution in [1.29, 1.82) is 0 Å². The van der Waals surface area contributed by atoms with Crippen molar-refractivity contribution in [1.82, 2.24) is 15.2 Å². The SMILES string of the molecule is Cc1nc(NC(=O)[C@@H]2C[C@@H]3CNCC(=O)N3[C@@H]2c2ccccc2)cc(-c2ccccc2)c1C.Cl.Cl. The summed E-state index contributed by atoms with van der Waals surface area (Å²) in [5.74, 6) is 0.153. The Morgan fingerprint density at radius 3 is 2.37 bits per heavy atom. The number of piperazine rings is 1. The first-order valence-corrected chi connectivity index (χ1v) is 11.4. The number of benzene rings is 2. The fourth-order valence-corrected chi connectivity index (χ4v) is 5.16. The van der Waals surface area contributed by atoms with Crippen LogP contribution in [0.15, 0.2) is 66.7 Å². The molecule has 3 heterocycles. The van der Waals surface area contributed by atoms with Gasteiger partial charge in [0.25, 0.3) is 0 Å². The lowest BCUT2D eigenvalue weighted by atomic mass is 9.92. The third-order valence-electron chi connectivity index (χ3n) is 6.87. The van der Waals surface area contributed by atoms with Gasteiger partial charge in [-0.05, 0) is 48.6 Å². The summed E-state index contributed by atoms with van der Waals surface area (Å²) in [7, 11) is 0. The highest BCUT2D eigenvalue weighted by molar-refractivity contribution is 5.94. The van der Waals surface area contributed by atoms with Crippen molar-refractivity contribution in [2.45, 2.75) is 32.4 Å². The van der Waals surface area contributed by atoms with Gasteiger partial charge in [-0.25, -0.2) is 4.98 Å². The third-order valence-corrected chi connectivity index (χ3v) is 6.87. The maximum atomic E-state index is 13.6. The predicted molar refractivity (Wildman–Crippen MR) is 143 cm³/mol. The van der Waals surface area contributed by atoms with E-state index >= 15 is 0 Å². The second kappa shape index (κ2) is 11.2. The van der Waals surface area contributed by atoms with Crippen molar-refractivity contribution in [3.63, 3.8) is 0 Å². The lowest BCUT2D eigenvalue weighted by molar-refractivity contribution is -0.136. The van der Waals surface area contributed by atoms with Crippen LogP contribution < -0.4 is 10.6 Å². The van der Waals surface area contributed by atoms with Crippen molar-refractivity contribution in [2.24, 2.45) is 5.92 Å². The first-order chi connectivity index (χ1) is 16.0. The van der Waals surface area contributed by atoms with Crippen LogP contribution >= 0.6 is 24.8 Å². The van der Waals surface area contributed by atoms with Gasteiger partial charge in [-0.3, -0.25) is 9.59 Å². The topological polar surface area (TPSA) is 74.3 Å². The number of carbonyl (C=O) groups excluding carboxylic acids is 2. The first-order valence-electron chi connectivity index (χ1n) is 11.4. The molecular weight excluding hydrogens is 483 g/mol. The highest BCUT2D eigenvalue weighted by atomic mass is 35.5. The van der Waals surface area contributed by atoms with E-state index in [1.165, 1.54) is 0 Å². The molecule has 2 N–H and O–H groups in total. The van der Waals surface area contributed by atoms with Crippen LogP contribution in [0.2, 0.25) is 0 Å². The Balaban J connectivity index is 0.00000171. The van der Waals surface area contributed by atoms with E-state index in [1.54, 1.807) is 0 Å². The Labute approximate surface area is 218 Å². The van der Waals surface area contributed by atoms with E-state index in [0.717, 1.165) is 27.9 Å². The van der Waals surface area contributed by atoms with Crippen molar-refractivity contribution < 1.29 is 9.59 Å². The maximum absolute atomic E-state index is 13.6. The molecule has 3 aromatic rings. The minimum Gasteiger partial charge on any atom is -0.329 e. The molecule has 6 nitrogen and oxygen atoms in total. The summed E-state index contributed by atoms with van der Waals surface area (Å²) in [4.78, 5) is 32.9. The molecule has 1 aromatic heterocycles. The van der Waals surface area contributed by atoms with Crippen molar-refractivity contribution in [3.8, 4) is 11.1 Å². The molecule has 5 rings (SSSR count). The van der Waals surface area contributed by atoms with Gasteiger partial charge in [0.1, 0.15) is 5.82 Å². The number of hydrogen-bond acceptors (Lipinski definition) is 4. The summed E-state index contributed by atoms with van der Waals surface area (Å²) in [6, 6.07) is 21.7. The van der Waals surface area contributed by atoms with Crippen LogP contribution in [-0.2, 0) is 9.59 Å². The van der Waals surface area contributed by atoms with Gasteiger partial charge in [0.15, 0.2) is 0 Å². The number of aromatic nitrogens is 1. The van der Waals surface area contributed by atoms with Crippen LogP contribution in [0.3, 0.4) is 0 Å². The van der Waals surface area contributed by atoms with Crippen molar-refractivity contribution in [3.05, 3.63) is 83.6 Å². The number of fused-ring (bicyclic) bond motifs is 1. The average Bonchev–Trinajstić information content (AvgIpc) is 3.24. The summed E-state index contributed by atoms with van der Waals surface area (Å²) >= 11 is 0. The Morgan fingerprint density at radius 1 is 1.03 bits per heavy atom. The van der Waals surface area contributed by atoms with Gasteiger partial charge >= 0.3 is 0 Å². The van der Waals surface area contributed by atoms with Gasteiger partial charge in [-0.1, -0.05) is 60.7 Å². The minimum atomic E-state index is -0.343. The predicted octanol–water partition coefficient (Wildman–Crippen LogP) is 4.71.